The minimum absolute atomic E-state index is 0.282. The smallest absolute Gasteiger partial charge is 0.139 e. The van der Waals surface area contributed by atoms with Gasteiger partial charge >= 0.3 is 0 Å². The van der Waals surface area contributed by atoms with Gasteiger partial charge in [0.15, 0.2) is 0 Å². The van der Waals surface area contributed by atoms with Crippen molar-refractivity contribution in [2.24, 2.45) is 5.41 Å². The fraction of sp³-hybridized carbons (Fsp3) is 1.00. The van der Waals surface area contributed by atoms with E-state index in [9.17, 15) is 9.50 Å². The summed E-state index contributed by atoms with van der Waals surface area (Å²) in [5, 5.41) is 12.2. The van der Waals surface area contributed by atoms with Crippen LogP contribution in [-0.2, 0) is 0 Å². The molecule has 0 aromatic carbocycles. The summed E-state index contributed by atoms with van der Waals surface area (Å²) < 4.78 is 12.8. The summed E-state index contributed by atoms with van der Waals surface area (Å²) >= 11 is 0. The maximum absolute atomic E-state index is 12.8. The number of aliphatic hydroxyl groups is 1. The number of hydrogen-bond donors (Lipinski definition) is 2. The Labute approximate surface area is 60.4 Å². The van der Waals surface area contributed by atoms with Crippen molar-refractivity contribution in [1.82, 2.24) is 5.32 Å². The second-order valence-corrected chi connectivity index (χ2v) is 3.58. The highest BCUT2D eigenvalue weighted by atomic mass is 19.1. The highest BCUT2D eigenvalue weighted by molar-refractivity contribution is 4.90. The van der Waals surface area contributed by atoms with Gasteiger partial charge in [0.25, 0.3) is 0 Å². The molecule has 0 aromatic heterocycles. The molecule has 0 unspecified atom stereocenters. The average Bonchev–Trinajstić information content (AvgIpc) is 1.83. The van der Waals surface area contributed by atoms with Crippen LogP contribution < -0.4 is 5.32 Å². The Bertz CT molecular complexity index is 127. The first-order chi connectivity index (χ1) is 4.54. The van der Waals surface area contributed by atoms with Crippen LogP contribution in [0, 0.1) is 5.41 Å². The highest BCUT2D eigenvalue weighted by Crippen LogP contribution is 2.26. The molecule has 1 heterocycles. The minimum Gasteiger partial charge on any atom is -0.389 e. The van der Waals surface area contributed by atoms with Crippen LogP contribution in [0.15, 0.2) is 0 Å². The normalized spacial score (nSPS) is 39.6. The van der Waals surface area contributed by atoms with E-state index in [0.717, 1.165) is 0 Å². The van der Waals surface area contributed by atoms with Crippen molar-refractivity contribution < 1.29 is 9.50 Å². The molecule has 3 heteroatoms. The Balaban J connectivity index is 2.60. The van der Waals surface area contributed by atoms with Crippen LogP contribution in [-0.4, -0.2) is 30.5 Å². The van der Waals surface area contributed by atoms with E-state index in [-0.39, 0.29) is 12.0 Å². The van der Waals surface area contributed by atoms with E-state index in [1.807, 2.05) is 13.8 Å². The molecule has 1 aliphatic rings. The van der Waals surface area contributed by atoms with Crippen molar-refractivity contribution in [3.05, 3.63) is 0 Å². The molecule has 0 spiro atoms. The van der Waals surface area contributed by atoms with E-state index in [2.05, 4.69) is 5.32 Å². The lowest BCUT2D eigenvalue weighted by atomic mass is 9.81. The topological polar surface area (TPSA) is 32.3 Å². The van der Waals surface area contributed by atoms with Gasteiger partial charge in [0.1, 0.15) is 6.17 Å². The molecule has 0 aliphatic carbocycles. The van der Waals surface area contributed by atoms with Gasteiger partial charge in [-0.25, -0.2) is 4.39 Å². The summed E-state index contributed by atoms with van der Waals surface area (Å²) in [6, 6.07) is 0. The van der Waals surface area contributed by atoms with E-state index in [1.165, 1.54) is 0 Å². The number of aliphatic hydroxyl groups excluding tert-OH is 1. The maximum atomic E-state index is 12.8. The summed E-state index contributed by atoms with van der Waals surface area (Å²) in [4.78, 5) is 0. The third kappa shape index (κ3) is 1.30. The summed E-state index contributed by atoms with van der Waals surface area (Å²) in [5.41, 5.74) is -0.322. The lowest BCUT2D eigenvalue weighted by Crippen LogP contribution is -2.53. The predicted molar refractivity (Wildman–Crippen MR) is 37.6 cm³/mol. The molecule has 2 N–H and O–H groups in total. The van der Waals surface area contributed by atoms with Gasteiger partial charge in [0, 0.05) is 18.5 Å². The molecule has 0 aromatic rings. The second-order valence-electron chi connectivity index (χ2n) is 3.58. The van der Waals surface area contributed by atoms with Gasteiger partial charge in [-0.3, -0.25) is 0 Å². The molecular formula is C7H14FNO. The molecule has 60 valence electrons. The highest BCUT2D eigenvalue weighted by Gasteiger charge is 2.37. The van der Waals surface area contributed by atoms with Gasteiger partial charge in [-0.2, -0.15) is 0 Å². The van der Waals surface area contributed by atoms with Gasteiger partial charge in [-0.15, -0.1) is 0 Å². The molecule has 0 radical (unpaired) electrons. The van der Waals surface area contributed by atoms with Crippen LogP contribution in [0.25, 0.3) is 0 Å². The van der Waals surface area contributed by atoms with Gasteiger partial charge in [-0.05, 0) is 0 Å². The first kappa shape index (κ1) is 7.95. The number of halogens is 1. The van der Waals surface area contributed by atoms with Crippen LogP contribution in [0.1, 0.15) is 13.8 Å². The molecule has 0 amide bonds. The zero-order valence-corrected chi connectivity index (χ0v) is 6.39. The van der Waals surface area contributed by atoms with Gasteiger partial charge in [0.2, 0.25) is 0 Å². The molecular weight excluding hydrogens is 133 g/mol. The van der Waals surface area contributed by atoms with Crippen molar-refractivity contribution in [3.8, 4) is 0 Å². The predicted octanol–water partition coefficient (Wildman–Crippen LogP) is 0.315. The quantitative estimate of drug-likeness (QED) is 0.517. The Hall–Kier alpha value is -0.150. The molecule has 2 nitrogen and oxygen atoms in total. The number of hydrogen-bond acceptors (Lipinski definition) is 2. The molecule has 1 saturated heterocycles. The third-order valence-corrected chi connectivity index (χ3v) is 2.06. The Kier molecular flexibility index (Phi) is 1.97. The first-order valence-electron chi connectivity index (χ1n) is 3.57. The molecule has 1 aliphatic heterocycles. The summed E-state index contributed by atoms with van der Waals surface area (Å²) in [6.07, 6.45) is -1.92. The number of rotatable bonds is 0. The third-order valence-electron chi connectivity index (χ3n) is 2.06. The largest absolute Gasteiger partial charge is 0.389 e. The van der Waals surface area contributed by atoms with Crippen molar-refractivity contribution in [3.63, 3.8) is 0 Å². The van der Waals surface area contributed by atoms with Crippen molar-refractivity contribution in [2.45, 2.75) is 26.1 Å². The van der Waals surface area contributed by atoms with Gasteiger partial charge in [-0.1, -0.05) is 13.8 Å². The number of nitrogens with one attached hydrogen (secondary N) is 1. The molecule has 0 bridgehead atoms. The average molecular weight is 147 g/mol. The zero-order valence-electron chi connectivity index (χ0n) is 6.39. The van der Waals surface area contributed by atoms with Crippen molar-refractivity contribution in [2.75, 3.05) is 13.1 Å². The lowest BCUT2D eigenvalue weighted by Gasteiger charge is -2.37. The van der Waals surface area contributed by atoms with Crippen molar-refractivity contribution in [1.29, 1.82) is 0 Å². The fourth-order valence-corrected chi connectivity index (χ4v) is 1.24. The van der Waals surface area contributed by atoms with E-state index < -0.39 is 12.3 Å². The second kappa shape index (κ2) is 2.47. The first-order valence-corrected chi connectivity index (χ1v) is 3.57. The van der Waals surface area contributed by atoms with E-state index >= 15 is 0 Å². The number of piperidine rings is 1. The SMILES string of the molecule is CC1(C)CNC[C@@H](F)[C@@H]1O. The molecule has 1 fully saturated rings. The molecule has 0 saturated carbocycles. The maximum Gasteiger partial charge on any atom is 0.139 e. The monoisotopic (exact) mass is 147 g/mol. The summed E-state index contributed by atoms with van der Waals surface area (Å²) in [6.45, 7) is 4.69. The lowest BCUT2D eigenvalue weighted by molar-refractivity contribution is -0.0346. The van der Waals surface area contributed by atoms with Crippen LogP contribution >= 0.6 is 0 Å². The van der Waals surface area contributed by atoms with Crippen LogP contribution in [0.5, 0.6) is 0 Å². The zero-order chi connectivity index (χ0) is 7.78. The standard InChI is InChI=1S/C7H14FNO/c1-7(2)4-9-3-5(8)6(7)10/h5-6,9-10H,3-4H2,1-2H3/t5-,6+/m1/s1. The van der Waals surface area contributed by atoms with Crippen LogP contribution in [0.2, 0.25) is 0 Å². The summed E-state index contributed by atoms with van der Waals surface area (Å²) in [7, 11) is 0. The Morgan fingerprint density at radius 1 is 1.60 bits per heavy atom. The van der Waals surface area contributed by atoms with E-state index in [4.69, 9.17) is 0 Å². The van der Waals surface area contributed by atoms with Gasteiger partial charge < -0.3 is 10.4 Å². The summed E-state index contributed by atoms with van der Waals surface area (Å²) in [5.74, 6) is 0. The van der Waals surface area contributed by atoms with Crippen LogP contribution in [0.4, 0.5) is 4.39 Å². The van der Waals surface area contributed by atoms with Crippen molar-refractivity contribution >= 4 is 0 Å². The minimum atomic E-state index is -1.11. The fourth-order valence-electron chi connectivity index (χ4n) is 1.24. The Morgan fingerprint density at radius 2 is 2.20 bits per heavy atom. The molecule has 10 heavy (non-hydrogen) atoms. The number of alkyl halides is 1. The van der Waals surface area contributed by atoms with E-state index in [0.29, 0.717) is 6.54 Å². The molecule has 1 rings (SSSR count). The molecule has 2 atom stereocenters. The van der Waals surface area contributed by atoms with Gasteiger partial charge in [0.05, 0.1) is 6.10 Å². The van der Waals surface area contributed by atoms with Crippen LogP contribution in [0.3, 0.4) is 0 Å². The van der Waals surface area contributed by atoms with E-state index in [1.54, 1.807) is 0 Å². The Morgan fingerprint density at radius 3 is 2.60 bits per heavy atom.